The summed E-state index contributed by atoms with van der Waals surface area (Å²) < 4.78 is 93.6. The molecule has 0 amide bonds. The van der Waals surface area contributed by atoms with E-state index in [4.69, 9.17) is 9.47 Å². The predicted octanol–water partition coefficient (Wildman–Crippen LogP) is 6.78. The van der Waals surface area contributed by atoms with Crippen LogP contribution in [0.4, 0.5) is 26.3 Å². The second-order valence-corrected chi connectivity index (χ2v) is 8.06. The molecule has 0 saturated heterocycles. The third-order valence-corrected chi connectivity index (χ3v) is 5.84. The van der Waals surface area contributed by atoms with Crippen molar-refractivity contribution in [3.8, 4) is 11.5 Å². The topological polar surface area (TPSA) is 27.7 Å². The molecule has 0 bridgehead atoms. The van der Waals surface area contributed by atoms with Crippen molar-refractivity contribution in [2.75, 3.05) is 0 Å². The normalized spacial score (nSPS) is 24.8. The SMILES string of the molecule is CCC1CCC(OC(F)(F)CCC2CCc3cc(OC(F)(F)F)c(F)cc3O2)CC1. The van der Waals surface area contributed by atoms with E-state index in [0.29, 0.717) is 30.7 Å². The summed E-state index contributed by atoms with van der Waals surface area (Å²) in [6.07, 6.45) is -5.14. The fourth-order valence-electron chi connectivity index (χ4n) is 4.13. The number of hydrogen-bond donors (Lipinski definition) is 0. The lowest BCUT2D eigenvalue weighted by Gasteiger charge is -2.32. The first-order valence-corrected chi connectivity index (χ1v) is 10.3. The van der Waals surface area contributed by atoms with Gasteiger partial charge in [0.25, 0.3) is 0 Å². The Labute approximate surface area is 171 Å². The third kappa shape index (κ3) is 6.43. The summed E-state index contributed by atoms with van der Waals surface area (Å²) in [6, 6.07) is 1.75. The Balaban J connectivity index is 1.51. The monoisotopic (exact) mass is 440 g/mol. The molecule has 1 saturated carbocycles. The van der Waals surface area contributed by atoms with E-state index in [2.05, 4.69) is 11.7 Å². The van der Waals surface area contributed by atoms with E-state index in [1.54, 1.807) is 0 Å². The van der Waals surface area contributed by atoms with Crippen molar-refractivity contribution in [1.29, 1.82) is 0 Å². The Morgan fingerprint density at radius 3 is 2.37 bits per heavy atom. The van der Waals surface area contributed by atoms with Gasteiger partial charge >= 0.3 is 12.5 Å². The molecule has 1 unspecified atom stereocenters. The average Bonchev–Trinajstić information content (AvgIpc) is 2.66. The molecule has 1 aliphatic carbocycles. The zero-order valence-corrected chi connectivity index (χ0v) is 16.7. The van der Waals surface area contributed by atoms with Gasteiger partial charge in [-0.15, -0.1) is 13.2 Å². The van der Waals surface area contributed by atoms with Crippen LogP contribution in [0.15, 0.2) is 12.1 Å². The van der Waals surface area contributed by atoms with Gasteiger partial charge in [0.15, 0.2) is 11.6 Å². The highest BCUT2D eigenvalue weighted by molar-refractivity contribution is 5.43. The van der Waals surface area contributed by atoms with Crippen molar-refractivity contribution in [1.82, 2.24) is 0 Å². The number of halogens is 6. The van der Waals surface area contributed by atoms with Crippen LogP contribution in [0.5, 0.6) is 11.5 Å². The molecule has 30 heavy (non-hydrogen) atoms. The highest BCUT2D eigenvalue weighted by Crippen LogP contribution is 2.38. The molecular formula is C21H26F6O3. The van der Waals surface area contributed by atoms with Gasteiger partial charge in [-0.3, -0.25) is 0 Å². The number of hydrogen-bond acceptors (Lipinski definition) is 3. The van der Waals surface area contributed by atoms with Crippen molar-refractivity contribution < 1.29 is 40.6 Å². The number of alkyl halides is 5. The number of rotatable bonds is 7. The van der Waals surface area contributed by atoms with Crippen molar-refractivity contribution in [3.05, 3.63) is 23.5 Å². The maximum Gasteiger partial charge on any atom is 0.573 e. The Morgan fingerprint density at radius 2 is 1.73 bits per heavy atom. The van der Waals surface area contributed by atoms with E-state index in [-0.39, 0.29) is 18.6 Å². The fraction of sp³-hybridized carbons (Fsp3) is 0.714. The van der Waals surface area contributed by atoms with Crippen LogP contribution >= 0.6 is 0 Å². The van der Waals surface area contributed by atoms with Crippen LogP contribution in [0, 0.1) is 11.7 Å². The zero-order valence-electron chi connectivity index (χ0n) is 16.7. The fourth-order valence-corrected chi connectivity index (χ4v) is 4.13. The van der Waals surface area contributed by atoms with E-state index >= 15 is 0 Å². The molecule has 1 aromatic rings. The van der Waals surface area contributed by atoms with E-state index in [0.717, 1.165) is 31.4 Å². The maximum atomic E-state index is 14.3. The smallest absolute Gasteiger partial charge is 0.490 e. The van der Waals surface area contributed by atoms with Gasteiger partial charge in [0.05, 0.1) is 12.2 Å². The summed E-state index contributed by atoms with van der Waals surface area (Å²) in [5.41, 5.74) is 0.350. The van der Waals surface area contributed by atoms with Gasteiger partial charge in [-0.25, -0.2) is 4.39 Å². The molecule has 0 N–H and O–H groups in total. The molecule has 3 nitrogen and oxygen atoms in total. The molecule has 1 fully saturated rings. The molecule has 170 valence electrons. The van der Waals surface area contributed by atoms with Crippen molar-refractivity contribution in [2.24, 2.45) is 5.92 Å². The van der Waals surface area contributed by atoms with Gasteiger partial charge in [-0.2, -0.15) is 8.78 Å². The zero-order chi connectivity index (χ0) is 21.9. The summed E-state index contributed by atoms with van der Waals surface area (Å²) in [7, 11) is 0. The van der Waals surface area contributed by atoms with E-state index in [1.807, 2.05) is 0 Å². The highest BCUT2D eigenvalue weighted by Gasteiger charge is 2.37. The van der Waals surface area contributed by atoms with E-state index in [1.165, 1.54) is 0 Å². The lowest BCUT2D eigenvalue weighted by atomic mass is 9.86. The highest BCUT2D eigenvalue weighted by atomic mass is 19.4. The molecule has 1 aromatic carbocycles. The van der Waals surface area contributed by atoms with Crippen LogP contribution in [0.25, 0.3) is 0 Å². The molecule has 9 heteroatoms. The summed E-state index contributed by atoms with van der Waals surface area (Å²) >= 11 is 0. The van der Waals surface area contributed by atoms with Gasteiger partial charge in [-0.05, 0) is 62.5 Å². The quantitative estimate of drug-likeness (QED) is 0.438. The van der Waals surface area contributed by atoms with Gasteiger partial charge in [0.2, 0.25) is 0 Å². The van der Waals surface area contributed by atoms with Gasteiger partial charge < -0.3 is 14.2 Å². The largest absolute Gasteiger partial charge is 0.573 e. The predicted molar refractivity (Wildman–Crippen MR) is 97.1 cm³/mol. The van der Waals surface area contributed by atoms with Gasteiger partial charge in [0.1, 0.15) is 5.75 Å². The minimum Gasteiger partial charge on any atom is -0.490 e. The average molecular weight is 440 g/mol. The van der Waals surface area contributed by atoms with Crippen LogP contribution in [0.3, 0.4) is 0 Å². The standard InChI is InChI=1S/C21H26F6O3/c1-2-13-3-6-16(7-4-13)29-20(23,24)10-9-15-8-5-14-11-19(30-21(25,26)27)17(22)12-18(14)28-15/h11-13,15-16H,2-10H2,1H3. The Bertz CT molecular complexity index is 713. The van der Waals surface area contributed by atoms with Gasteiger partial charge in [0, 0.05) is 12.5 Å². The van der Waals surface area contributed by atoms with Crippen LogP contribution in [-0.2, 0) is 11.2 Å². The van der Waals surface area contributed by atoms with E-state index < -0.39 is 42.7 Å². The summed E-state index contributed by atoms with van der Waals surface area (Å²) in [5, 5.41) is 0. The number of aryl methyl sites for hydroxylation is 1. The first-order chi connectivity index (χ1) is 14.0. The van der Waals surface area contributed by atoms with Crippen LogP contribution in [0.2, 0.25) is 0 Å². The molecule has 3 rings (SSSR count). The second-order valence-electron chi connectivity index (χ2n) is 8.06. The Kier molecular flexibility index (Phi) is 7.09. The molecule has 0 spiro atoms. The van der Waals surface area contributed by atoms with Crippen LogP contribution in [-0.4, -0.2) is 24.7 Å². The van der Waals surface area contributed by atoms with Gasteiger partial charge in [-0.1, -0.05) is 13.3 Å². The molecule has 1 aliphatic heterocycles. The second kappa shape index (κ2) is 9.24. The maximum absolute atomic E-state index is 14.3. The lowest BCUT2D eigenvalue weighted by molar-refractivity contribution is -0.275. The summed E-state index contributed by atoms with van der Waals surface area (Å²) in [6.45, 7) is 2.10. The molecule has 2 aliphatic rings. The minimum atomic E-state index is -5.01. The Hall–Kier alpha value is -1.64. The first kappa shape index (κ1) is 23.0. The summed E-state index contributed by atoms with van der Waals surface area (Å²) in [4.78, 5) is 0. The molecular weight excluding hydrogens is 414 g/mol. The number of benzene rings is 1. The lowest BCUT2D eigenvalue weighted by Crippen LogP contribution is -2.33. The van der Waals surface area contributed by atoms with Crippen molar-refractivity contribution in [3.63, 3.8) is 0 Å². The number of ether oxygens (including phenoxy) is 3. The third-order valence-electron chi connectivity index (χ3n) is 5.84. The molecule has 1 heterocycles. The Morgan fingerprint density at radius 1 is 1.03 bits per heavy atom. The van der Waals surface area contributed by atoms with Crippen LogP contribution in [0.1, 0.15) is 63.9 Å². The van der Waals surface area contributed by atoms with Crippen molar-refractivity contribution in [2.45, 2.75) is 89.4 Å². The van der Waals surface area contributed by atoms with E-state index in [9.17, 15) is 26.3 Å². The molecule has 1 atom stereocenters. The summed E-state index contributed by atoms with van der Waals surface area (Å²) in [5.74, 6) is -1.51. The van der Waals surface area contributed by atoms with Crippen LogP contribution < -0.4 is 9.47 Å². The molecule has 0 aromatic heterocycles. The first-order valence-electron chi connectivity index (χ1n) is 10.3. The minimum absolute atomic E-state index is 0.000827. The molecule has 0 radical (unpaired) electrons. The number of fused-ring (bicyclic) bond motifs is 1. The van der Waals surface area contributed by atoms with Crippen molar-refractivity contribution >= 4 is 0 Å².